The fourth-order valence-corrected chi connectivity index (χ4v) is 2.72. The van der Waals surface area contributed by atoms with Crippen LogP contribution in [0.5, 0.6) is 0 Å². The van der Waals surface area contributed by atoms with Gasteiger partial charge in [-0.25, -0.2) is 0 Å². The van der Waals surface area contributed by atoms with E-state index in [9.17, 15) is 4.79 Å². The van der Waals surface area contributed by atoms with E-state index < -0.39 is 0 Å². The van der Waals surface area contributed by atoms with Crippen LogP contribution in [-0.4, -0.2) is 40.8 Å². The third-order valence-corrected chi connectivity index (χ3v) is 3.79. The maximum absolute atomic E-state index is 11.5. The normalized spacial score (nSPS) is 17.6. The quantitative estimate of drug-likeness (QED) is 0.776. The summed E-state index contributed by atoms with van der Waals surface area (Å²) in [6.07, 6.45) is 1.79. The summed E-state index contributed by atoms with van der Waals surface area (Å²) < 4.78 is 6.87. The molecule has 1 fully saturated rings. The van der Waals surface area contributed by atoms with Crippen molar-refractivity contribution in [3.63, 3.8) is 0 Å². The van der Waals surface area contributed by atoms with E-state index in [1.54, 1.807) is 0 Å². The number of rotatable bonds is 4. The second-order valence-corrected chi connectivity index (χ2v) is 5.17. The summed E-state index contributed by atoms with van der Waals surface area (Å²) in [5.41, 5.74) is 2.33. The first-order valence-electron chi connectivity index (χ1n) is 6.97. The Kier molecular flexibility index (Phi) is 4.58. The molecule has 1 aromatic heterocycles. The van der Waals surface area contributed by atoms with Crippen LogP contribution in [-0.2, 0) is 22.6 Å². The predicted molar refractivity (Wildman–Crippen MR) is 72.7 cm³/mol. The van der Waals surface area contributed by atoms with Crippen LogP contribution in [0, 0.1) is 12.8 Å². The Morgan fingerprint density at radius 3 is 2.74 bits per heavy atom. The van der Waals surface area contributed by atoms with Gasteiger partial charge in [-0.15, -0.1) is 0 Å². The Morgan fingerprint density at radius 1 is 1.47 bits per heavy atom. The van der Waals surface area contributed by atoms with Gasteiger partial charge in [-0.2, -0.15) is 5.10 Å². The zero-order valence-corrected chi connectivity index (χ0v) is 12.1. The SMILES string of the molecule is CCn1nc(C)cc1CN1CCC(C(=O)OC)CC1. The van der Waals surface area contributed by atoms with Crippen LogP contribution in [0.3, 0.4) is 0 Å². The first-order chi connectivity index (χ1) is 9.13. The van der Waals surface area contributed by atoms with Gasteiger partial charge in [0.05, 0.1) is 24.4 Å². The van der Waals surface area contributed by atoms with Crippen molar-refractivity contribution in [2.75, 3.05) is 20.2 Å². The molecule has 1 aliphatic rings. The minimum absolute atomic E-state index is 0.0610. The van der Waals surface area contributed by atoms with E-state index in [2.05, 4.69) is 27.7 Å². The molecule has 1 aliphatic heterocycles. The number of carbonyl (C=O) groups excluding carboxylic acids is 1. The number of carbonyl (C=O) groups is 1. The van der Waals surface area contributed by atoms with Gasteiger partial charge in [0.25, 0.3) is 0 Å². The summed E-state index contributed by atoms with van der Waals surface area (Å²) in [6.45, 7) is 7.87. The average Bonchev–Trinajstić information content (AvgIpc) is 2.78. The van der Waals surface area contributed by atoms with E-state index in [0.29, 0.717) is 0 Å². The zero-order chi connectivity index (χ0) is 13.8. The molecule has 1 aromatic rings. The van der Waals surface area contributed by atoms with Crippen molar-refractivity contribution < 1.29 is 9.53 Å². The Morgan fingerprint density at radius 2 is 2.16 bits per heavy atom. The third-order valence-electron chi connectivity index (χ3n) is 3.79. The predicted octanol–water partition coefficient (Wildman–Crippen LogP) is 1.60. The standard InChI is InChI=1S/C14H23N3O2/c1-4-17-13(9-11(2)15-17)10-16-7-5-12(6-8-16)14(18)19-3/h9,12H,4-8,10H2,1-3H3. The maximum Gasteiger partial charge on any atom is 0.308 e. The molecule has 5 nitrogen and oxygen atoms in total. The number of ether oxygens (including phenoxy) is 1. The Labute approximate surface area is 114 Å². The number of piperidine rings is 1. The number of methoxy groups -OCH3 is 1. The van der Waals surface area contributed by atoms with Gasteiger partial charge >= 0.3 is 5.97 Å². The second kappa shape index (κ2) is 6.19. The molecule has 0 radical (unpaired) electrons. The maximum atomic E-state index is 11.5. The minimum atomic E-state index is -0.0610. The second-order valence-electron chi connectivity index (χ2n) is 5.17. The highest BCUT2D eigenvalue weighted by Crippen LogP contribution is 2.20. The van der Waals surface area contributed by atoms with E-state index in [1.807, 2.05) is 6.92 Å². The molecule has 2 heterocycles. The molecule has 0 unspecified atom stereocenters. The van der Waals surface area contributed by atoms with Crippen LogP contribution in [0.1, 0.15) is 31.2 Å². The molecular weight excluding hydrogens is 242 g/mol. The molecule has 0 spiro atoms. The zero-order valence-electron chi connectivity index (χ0n) is 12.1. The molecule has 0 saturated carbocycles. The first-order valence-corrected chi connectivity index (χ1v) is 6.97. The molecule has 0 amide bonds. The smallest absolute Gasteiger partial charge is 0.308 e. The Hall–Kier alpha value is -1.36. The van der Waals surface area contributed by atoms with Gasteiger partial charge in [-0.3, -0.25) is 14.4 Å². The highest BCUT2D eigenvalue weighted by molar-refractivity contribution is 5.72. The van der Waals surface area contributed by atoms with Gasteiger partial charge in [0, 0.05) is 13.1 Å². The highest BCUT2D eigenvalue weighted by Gasteiger charge is 2.25. The Bertz CT molecular complexity index is 434. The lowest BCUT2D eigenvalue weighted by molar-refractivity contribution is -0.147. The molecular formula is C14H23N3O2. The largest absolute Gasteiger partial charge is 0.469 e. The van der Waals surface area contributed by atoms with Crippen LogP contribution in [0.4, 0.5) is 0 Å². The molecule has 0 N–H and O–H groups in total. The fourth-order valence-electron chi connectivity index (χ4n) is 2.72. The van der Waals surface area contributed by atoms with Crippen LogP contribution in [0.25, 0.3) is 0 Å². The van der Waals surface area contributed by atoms with Crippen molar-refractivity contribution in [2.24, 2.45) is 5.92 Å². The topological polar surface area (TPSA) is 47.4 Å². The molecule has 106 valence electrons. The van der Waals surface area contributed by atoms with E-state index in [4.69, 9.17) is 4.74 Å². The van der Waals surface area contributed by atoms with Crippen LogP contribution >= 0.6 is 0 Å². The van der Waals surface area contributed by atoms with E-state index >= 15 is 0 Å². The molecule has 0 atom stereocenters. The van der Waals surface area contributed by atoms with Crippen molar-refractivity contribution in [1.82, 2.24) is 14.7 Å². The number of nitrogens with zero attached hydrogens (tertiary/aromatic N) is 3. The van der Waals surface area contributed by atoms with Crippen LogP contribution < -0.4 is 0 Å². The number of hydrogen-bond acceptors (Lipinski definition) is 4. The number of esters is 1. The van der Waals surface area contributed by atoms with Gasteiger partial charge in [-0.1, -0.05) is 0 Å². The van der Waals surface area contributed by atoms with E-state index in [1.165, 1.54) is 12.8 Å². The lowest BCUT2D eigenvalue weighted by Crippen LogP contribution is -2.36. The number of hydrogen-bond donors (Lipinski definition) is 0. The molecule has 0 aromatic carbocycles. The van der Waals surface area contributed by atoms with Gasteiger partial charge in [0.1, 0.15) is 0 Å². The summed E-state index contributed by atoms with van der Waals surface area (Å²) in [7, 11) is 1.47. The van der Waals surface area contributed by atoms with Crippen molar-refractivity contribution in [2.45, 2.75) is 39.8 Å². The van der Waals surface area contributed by atoms with Crippen molar-refractivity contribution in [3.8, 4) is 0 Å². The van der Waals surface area contributed by atoms with Crippen LogP contribution in [0.15, 0.2) is 6.07 Å². The van der Waals surface area contributed by atoms with E-state index in [-0.39, 0.29) is 11.9 Å². The molecule has 2 rings (SSSR count). The van der Waals surface area contributed by atoms with Crippen molar-refractivity contribution in [1.29, 1.82) is 0 Å². The lowest BCUT2D eigenvalue weighted by Gasteiger charge is -2.30. The molecule has 5 heteroatoms. The number of aryl methyl sites for hydroxylation is 2. The van der Waals surface area contributed by atoms with Gasteiger partial charge < -0.3 is 4.74 Å². The average molecular weight is 265 g/mol. The number of aromatic nitrogens is 2. The summed E-state index contributed by atoms with van der Waals surface area (Å²) in [5, 5.41) is 4.47. The monoisotopic (exact) mass is 265 g/mol. The summed E-state index contributed by atoms with van der Waals surface area (Å²) in [5.74, 6) is 0.0215. The molecule has 0 aliphatic carbocycles. The number of likely N-dealkylation sites (tertiary alicyclic amines) is 1. The highest BCUT2D eigenvalue weighted by atomic mass is 16.5. The first kappa shape index (κ1) is 14.1. The van der Waals surface area contributed by atoms with Gasteiger partial charge in [-0.05, 0) is 45.8 Å². The fraction of sp³-hybridized carbons (Fsp3) is 0.714. The van der Waals surface area contributed by atoms with Gasteiger partial charge in [0.2, 0.25) is 0 Å². The third kappa shape index (κ3) is 3.35. The summed E-state index contributed by atoms with van der Waals surface area (Å²) in [4.78, 5) is 13.9. The molecule has 1 saturated heterocycles. The van der Waals surface area contributed by atoms with Crippen molar-refractivity contribution in [3.05, 3.63) is 17.5 Å². The lowest BCUT2D eigenvalue weighted by atomic mass is 9.97. The Balaban J connectivity index is 1.90. The summed E-state index contributed by atoms with van der Waals surface area (Å²) >= 11 is 0. The van der Waals surface area contributed by atoms with Crippen molar-refractivity contribution >= 4 is 5.97 Å². The minimum Gasteiger partial charge on any atom is -0.469 e. The van der Waals surface area contributed by atoms with Crippen LogP contribution in [0.2, 0.25) is 0 Å². The molecule has 19 heavy (non-hydrogen) atoms. The van der Waals surface area contributed by atoms with Gasteiger partial charge in [0.15, 0.2) is 0 Å². The van der Waals surface area contributed by atoms with E-state index in [0.717, 1.165) is 44.7 Å². The molecule has 0 bridgehead atoms. The summed E-state index contributed by atoms with van der Waals surface area (Å²) in [6, 6.07) is 2.15.